The standard InChI is InChI=1S/C18H18O3/c1-9-8-15(11(3)19)17-13-6-7-16(20)10(2)12(13)4-5-14(17)18(9)21/h6-8,20-21H,4-5H2,1-3H3. The van der Waals surface area contributed by atoms with Crippen molar-refractivity contribution in [3.8, 4) is 22.6 Å². The van der Waals surface area contributed by atoms with Crippen molar-refractivity contribution in [3.05, 3.63) is 46.0 Å². The predicted molar refractivity (Wildman–Crippen MR) is 82.1 cm³/mol. The molecular weight excluding hydrogens is 264 g/mol. The highest BCUT2D eigenvalue weighted by Crippen LogP contribution is 2.44. The largest absolute Gasteiger partial charge is 0.508 e. The average Bonchev–Trinajstić information content (AvgIpc) is 2.45. The number of ketones is 1. The Hall–Kier alpha value is -2.29. The summed E-state index contributed by atoms with van der Waals surface area (Å²) >= 11 is 0. The lowest BCUT2D eigenvalue weighted by Crippen LogP contribution is -2.11. The molecule has 0 amide bonds. The van der Waals surface area contributed by atoms with Gasteiger partial charge in [0, 0.05) is 11.1 Å². The number of carbonyl (C=O) groups is 1. The molecule has 0 saturated heterocycles. The van der Waals surface area contributed by atoms with Gasteiger partial charge in [-0.1, -0.05) is 6.07 Å². The number of fused-ring (bicyclic) bond motifs is 3. The first-order valence-corrected chi connectivity index (χ1v) is 7.10. The van der Waals surface area contributed by atoms with Gasteiger partial charge in [-0.05, 0) is 73.6 Å². The Morgan fingerprint density at radius 1 is 1.10 bits per heavy atom. The molecule has 1 aliphatic carbocycles. The van der Waals surface area contributed by atoms with Gasteiger partial charge in [-0.15, -0.1) is 0 Å². The second-order valence-corrected chi connectivity index (χ2v) is 5.74. The zero-order valence-corrected chi connectivity index (χ0v) is 12.4. The highest BCUT2D eigenvalue weighted by atomic mass is 16.3. The van der Waals surface area contributed by atoms with Crippen LogP contribution in [0.5, 0.6) is 11.5 Å². The predicted octanol–water partition coefficient (Wildman–Crippen LogP) is 3.68. The van der Waals surface area contributed by atoms with Crippen LogP contribution >= 0.6 is 0 Å². The number of Topliss-reactive ketones (excluding diaryl/α,β-unsaturated/α-hetero) is 1. The molecule has 0 unspecified atom stereocenters. The molecule has 0 saturated carbocycles. The van der Waals surface area contributed by atoms with E-state index in [1.807, 2.05) is 19.9 Å². The minimum atomic E-state index is -0.00655. The summed E-state index contributed by atoms with van der Waals surface area (Å²) < 4.78 is 0. The van der Waals surface area contributed by atoms with Crippen LogP contribution in [0.1, 0.15) is 39.5 Å². The number of hydrogen-bond acceptors (Lipinski definition) is 3. The monoisotopic (exact) mass is 282 g/mol. The summed E-state index contributed by atoms with van der Waals surface area (Å²) in [7, 11) is 0. The number of carbonyl (C=O) groups excluding carboxylic acids is 1. The van der Waals surface area contributed by atoms with E-state index >= 15 is 0 Å². The Kier molecular flexibility index (Phi) is 3.01. The second-order valence-electron chi connectivity index (χ2n) is 5.74. The zero-order chi connectivity index (χ0) is 15.3. The number of aryl methyl sites for hydroxylation is 1. The van der Waals surface area contributed by atoms with Gasteiger partial charge in [0.2, 0.25) is 0 Å². The normalized spacial score (nSPS) is 12.7. The van der Waals surface area contributed by atoms with Gasteiger partial charge in [-0.25, -0.2) is 0 Å². The lowest BCUT2D eigenvalue weighted by Gasteiger charge is -2.25. The number of phenolic OH excluding ortho intramolecular Hbond substituents is 2. The fourth-order valence-electron chi connectivity index (χ4n) is 3.26. The fraction of sp³-hybridized carbons (Fsp3) is 0.278. The Labute approximate surface area is 123 Å². The molecule has 0 heterocycles. The second kappa shape index (κ2) is 4.62. The first kappa shape index (κ1) is 13.7. The Morgan fingerprint density at radius 3 is 2.43 bits per heavy atom. The molecule has 2 aromatic rings. The van der Waals surface area contributed by atoms with Gasteiger partial charge >= 0.3 is 0 Å². The molecule has 0 fully saturated rings. The lowest BCUT2D eigenvalue weighted by atomic mass is 9.79. The molecule has 0 aliphatic heterocycles. The van der Waals surface area contributed by atoms with Gasteiger partial charge in [0.05, 0.1) is 0 Å². The molecular formula is C18H18O3. The van der Waals surface area contributed by atoms with Gasteiger partial charge in [0.15, 0.2) is 5.78 Å². The minimum absolute atomic E-state index is 0.00655. The van der Waals surface area contributed by atoms with Crippen LogP contribution in [-0.4, -0.2) is 16.0 Å². The fourth-order valence-corrected chi connectivity index (χ4v) is 3.26. The molecule has 3 heteroatoms. The third-order valence-corrected chi connectivity index (χ3v) is 4.43. The van der Waals surface area contributed by atoms with E-state index < -0.39 is 0 Å². The van der Waals surface area contributed by atoms with Crippen molar-refractivity contribution in [2.45, 2.75) is 33.6 Å². The van der Waals surface area contributed by atoms with Gasteiger partial charge < -0.3 is 10.2 Å². The van der Waals surface area contributed by atoms with E-state index in [1.165, 1.54) is 0 Å². The molecule has 0 atom stereocenters. The van der Waals surface area contributed by atoms with Crippen molar-refractivity contribution in [1.29, 1.82) is 0 Å². The maximum atomic E-state index is 12.0. The third kappa shape index (κ3) is 1.92. The quantitative estimate of drug-likeness (QED) is 0.784. The van der Waals surface area contributed by atoms with Crippen LogP contribution < -0.4 is 0 Å². The summed E-state index contributed by atoms with van der Waals surface area (Å²) in [5.74, 6) is 0.553. The van der Waals surface area contributed by atoms with Crippen LogP contribution in [0, 0.1) is 13.8 Å². The molecule has 3 rings (SSSR count). The van der Waals surface area contributed by atoms with Crippen LogP contribution in [0.15, 0.2) is 18.2 Å². The molecule has 1 aliphatic rings. The Balaban J connectivity index is 2.41. The summed E-state index contributed by atoms with van der Waals surface area (Å²) in [6.45, 7) is 5.26. The molecule has 0 bridgehead atoms. The number of benzene rings is 2. The van der Waals surface area contributed by atoms with E-state index in [9.17, 15) is 15.0 Å². The van der Waals surface area contributed by atoms with E-state index in [1.54, 1.807) is 19.1 Å². The van der Waals surface area contributed by atoms with Crippen molar-refractivity contribution in [3.63, 3.8) is 0 Å². The highest BCUT2D eigenvalue weighted by Gasteiger charge is 2.26. The molecule has 3 nitrogen and oxygen atoms in total. The summed E-state index contributed by atoms with van der Waals surface area (Å²) in [6.07, 6.45) is 1.44. The van der Waals surface area contributed by atoms with E-state index in [0.29, 0.717) is 12.0 Å². The minimum Gasteiger partial charge on any atom is -0.508 e. The van der Waals surface area contributed by atoms with E-state index in [2.05, 4.69) is 0 Å². The van der Waals surface area contributed by atoms with Gasteiger partial charge in [-0.2, -0.15) is 0 Å². The Bertz CT molecular complexity index is 773. The van der Waals surface area contributed by atoms with Crippen LogP contribution in [0.4, 0.5) is 0 Å². The molecule has 21 heavy (non-hydrogen) atoms. The van der Waals surface area contributed by atoms with Crippen molar-refractivity contribution in [2.24, 2.45) is 0 Å². The van der Waals surface area contributed by atoms with Crippen molar-refractivity contribution >= 4 is 5.78 Å². The van der Waals surface area contributed by atoms with Crippen LogP contribution in [0.25, 0.3) is 11.1 Å². The van der Waals surface area contributed by atoms with E-state index in [0.717, 1.165) is 39.8 Å². The lowest BCUT2D eigenvalue weighted by molar-refractivity contribution is 0.101. The maximum absolute atomic E-state index is 12.0. The number of phenols is 2. The van der Waals surface area contributed by atoms with Crippen molar-refractivity contribution < 1.29 is 15.0 Å². The van der Waals surface area contributed by atoms with Crippen molar-refractivity contribution in [2.75, 3.05) is 0 Å². The van der Waals surface area contributed by atoms with E-state index in [-0.39, 0.29) is 17.3 Å². The maximum Gasteiger partial charge on any atom is 0.160 e. The first-order valence-electron chi connectivity index (χ1n) is 7.10. The van der Waals surface area contributed by atoms with Gasteiger partial charge in [0.1, 0.15) is 11.5 Å². The van der Waals surface area contributed by atoms with Crippen LogP contribution in [-0.2, 0) is 12.8 Å². The molecule has 0 aromatic heterocycles. The smallest absolute Gasteiger partial charge is 0.160 e. The summed E-state index contributed by atoms with van der Waals surface area (Å²) in [6, 6.07) is 5.26. The molecule has 0 spiro atoms. The topological polar surface area (TPSA) is 57.5 Å². The van der Waals surface area contributed by atoms with E-state index in [4.69, 9.17) is 0 Å². The Morgan fingerprint density at radius 2 is 1.76 bits per heavy atom. The molecule has 2 N–H and O–H groups in total. The number of aromatic hydroxyl groups is 2. The summed E-state index contributed by atoms with van der Waals surface area (Å²) in [4.78, 5) is 12.0. The summed E-state index contributed by atoms with van der Waals surface area (Å²) in [5.41, 5.74) is 5.92. The van der Waals surface area contributed by atoms with Crippen LogP contribution in [0.2, 0.25) is 0 Å². The van der Waals surface area contributed by atoms with Crippen molar-refractivity contribution in [1.82, 2.24) is 0 Å². The number of hydrogen-bond donors (Lipinski definition) is 2. The first-order chi connectivity index (χ1) is 9.91. The SMILES string of the molecule is CC(=O)c1cc(C)c(O)c2c1-c1ccc(O)c(C)c1CC2. The molecule has 108 valence electrons. The zero-order valence-electron chi connectivity index (χ0n) is 12.4. The summed E-state index contributed by atoms with van der Waals surface area (Å²) in [5, 5.41) is 20.2. The molecule has 2 aromatic carbocycles. The average molecular weight is 282 g/mol. The number of rotatable bonds is 1. The molecule has 0 radical (unpaired) electrons. The van der Waals surface area contributed by atoms with Gasteiger partial charge in [-0.3, -0.25) is 4.79 Å². The third-order valence-electron chi connectivity index (χ3n) is 4.43. The highest BCUT2D eigenvalue weighted by molar-refractivity contribution is 6.03. The van der Waals surface area contributed by atoms with Gasteiger partial charge in [0.25, 0.3) is 0 Å². The van der Waals surface area contributed by atoms with Crippen LogP contribution in [0.3, 0.4) is 0 Å².